The van der Waals surface area contributed by atoms with Crippen LogP contribution in [0.15, 0.2) is 18.2 Å². The Bertz CT molecular complexity index is 634. The maximum absolute atomic E-state index is 14.0. The van der Waals surface area contributed by atoms with Crippen LogP contribution in [0.3, 0.4) is 0 Å². The fourth-order valence-corrected chi connectivity index (χ4v) is 4.51. The third-order valence-corrected chi connectivity index (χ3v) is 6.59. The monoisotopic (exact) mass is 318 g/mol. The van der Waals surface area contributed by atoms with Crippen LogP contribution >= 0.6 is 0 Å². The first-order valence-corrected chi connectivity index (χ1v) is 8.33. The van der Waals surface area contributed by atoms with E-state index in [4.69, 9.17) is 14.0 Å². The molecular weight excluding hydrogens is 294 g/mol. The Hall–Kier alpha value is -1.07. The number of hydrogen-bond acceptors (Lipinski definition) is 3. The zero-order chi connectivity index (χ0) is 16.7. The van der Waals surface area contributed by atoms with Gasteiger partial charge in [0.1, 0.15) is 0 Å². The van der Waals surface area contributed by atoms with Crippen molar-refractivity contribution in [1.29, 1.82) is 0 Å². The van der Waals surface area contributed by atoms with E-state index in [0.717, 1.165) is 24.8 Å². The Labute approximate surface area is 137 Å². The third-order valence-electron chi connectivity index (χ3n) is 6.59. The summed E-state index contributed by atoms with van der Waals surface area (Å²) in [5.41, 5.74) is 0.615. The fraction of sp³-hybridized carbons (Fsp3) is 0.667. The van der Waals surface area contributed by atoms with Crippen LogP contribution in [-0.4, -0.2) is 25.4 Å². The van der Waals surface area contributed by atoms with Gasteiger partial charge in [0.15, 0.2) is 11.6 Å². The summed E-state index contributed by atoms with van der Waals surface area (Å²) < 4.78 is 31.5. The molecule has 0 spiro atoms. The molecule has 1 aliphatic heterocycles. The highest BCUT2D eigenvalue weighted by molar-refractivity contribution is 6.51. The summed E-state index contributed by atoms with van der Waals surface area (Å²) in [7, 11) is 1.35. The molecule has 5 rings (SSSR count). The molecule has 1 saturated heterocycles. The lowest BCUT2D eigenvalue weighted by molar-refractivity contribution is -0.0385. The van der Waals surface area contributed by atoms with E-state index in [1.54, 1.807) is 12.1 Å². The molecule has 0 atom stereocenters. The van der Waals surface area contributed by atoms with Gasteiger partial charge in [-0.3, -0.25) is 0 Å². The number of methoxy groups -OCH3 is 1. The van der Waals surface area contributed by atoms with Gasteiger partial charge < -0.3 is 14.0 Å². The topological polar surface area (TPSA) is 27.7 Å². The Morgan fingerprint density at radius 1 is 1.04 bits per heavy atom. The summed E-state index contributed by atoms with van der Waals surface area (Å²) >= 11 is 0. The Morgan fingerprint density at radius 3 is 2.09 bits per heavy atom. The number of hydrogen-bond donors (Lipinski definition) is 0. The summed E-state index contributed by atoms with van der Waals surface area (Å²) in [5, 5.41) is 0.113. The van der Waals surface area contributed by atoms with Crippen molar-refractivity contribution in [2.75, 3.05) is 7.11 Å². The molecule has 3 saturated carbocycles. The van der Waals surface area contributed by atoms with Crippen LogP contribution in [0.2, 0.25) is 5.31 Å². The minimum atomic E-state index is -0.285. The van der Waals surface area contributed by atoms with Crippen molar-refractivity contribution in [2.45, 2.75) is 68.9 Å². The minimum absolute atomic E-state index is 0.108. The SMILES string of the molecule is COc1ccc(C23CC(B4OC(C)(C)C(C)(C)O4)(C2)C3)cc1F. The van der Waals surface area contributed by atoms with Crippen LogP contribution in [0.1, 0.15) is 52.5 Å². The summed E-state index contributed by atoms with van der Waals surface area (Å²) in [6.45, 7) is 8.36. The molecule has 0 unspecified atom stereocenters. The van der Waals surface area contributed by atoms with Gasteiger partial charge in [-0.25, -0.2) is 4.39 Å². The van der Waals surface area contributed by atoms with Crippen molar-refractivity contribution < 1.29 is 18.4 Å². The fourth-order valence-electron chi connectivity index (χ4n) is 4.51. The molecule has 1 heterocycles. The van der Waals surface area contributed by atoms with Crippen molar-refractivity contribution in [1.82, 2.24) is 0 Å². The van der Waals surface area contributed by atoms with Gasteiger partial charge in [0.2, 0.25) is 0 Å². The molecule has 1 aromatic rings. The molecule has 1 aromatic carbocycles. The summed E-state index contributed by atoms with van der Waals surface area (Å²) in [6, 6.07) is 5.36. The van der Waals surface area contributed by atoms with E-state index in [0.29, 0.717) is 5.75 Å². The first kappa shape index (κ1) is 15.5. The molecule has 23 heavy (non-hydrogen) atoms. The standard InChI is InChI=1S/C18H24BFO3/c1-15(2)16(3,4)23-19(22-15)18-9-17(10-18,11-18)12-6-7-14(21-5)13(20)8-12/h6-8H,9-11H2,1-5H3. The largest absolute Gasteiger partial charge is 0.494 e. The van der Waals surface area contributed by atoms with E-state index in [2.05, 4.69) is 27.7 Å². The van der Waals surface area contributed by atoms with E-state index in [1.807, 2.05) is 6.07 Å². The van der Waals surface area contributed by atoms with Crippen molar-refractivity contribution in [3.05, 3.63) is 29.6 Å². The molecule has 0 amide bonds. The molecular formula is C18H24BFO3. The van der Waals surface area contributed by atoms with Gasteiger partial charge >= 0.3 is 7.12 Å². The van der Waals surface area contributed by atoms with Gasteiger partial charge in [-0.1, -0.05) is 6.07 Å². The van der Waals surface area contributed by atoms with E-state index < -0.39 is 0 Å². The van der Waals surface area contributed by atoms with Gasteiger partial charge in [0.25, 0.3) is 0 Å². The smallest absolute Gasteiger partial charge is 0.464 e. The van der Waals surface area contributed by atoms with Crippen LogP contribution in [0.4, 0.5) is 4.39 Å². The molecule has 0 radical (unpaired) electrons. The molecule has 2 bridgehead atoms. The Balaban J connectivity index is 1.50. The maximum atomic E-state index is 14.0. The summed E-state index contributed by atoms with van der Waals surface area (Å²) in [5.74, 6) is 0.0282. The molecule has 0 aromatic heterocycles. The van der Waals surface area contributed by atoms with E-state index in [-0.39, 0.29) is 34.9 Å². The van der Waals surface area contributed by atoms with Crippen LogP contribution < -0.4 is 4.74 Å². The molecule has 3 aliphatic carbocycles. The zero-order valence-corrected chi connectivity index (χ0v) is 14.5. The van der Waals surface area contributed by atoms with Crippen LogP contribution in [-0.2, 0) is 14.7 Å². The number of benzene rings is 1. The lowest BCUT2D eigenvalue weighted by atomic mass is 9.23. The average molecular weight is 318 g/mol. The lowest BCUT2D eigenvalue weighted by Gasteiger charge is -2.71. The Kier molecular flexibility index (Phi) is 2.90. The quantitative estimate of drug-likeness (QED) is 0.785. The summed E-state index contributed by atoms with van der Waals surface area (Å²) in [6.07, 6.45) is 3.05. The maximum Gasteiger partial charge on any atom is 0.464 e. The molecule has 5 heteroatoms. The minimum Gasteiger partial charge on any atom is -0.494 e. The van der Waals surface area contributed by atoms with E-state index in [9.17, 15) is 4.39 Å². The van der Waals surface area contributed by atoms with Crippen LogP contribution in [0.5, 0.6) is 5.75 Å². The lowest BCUT2D eigenvalue weighted by Crippen LogP contribution is -2.66. The van der Waals surface area contributed by atoms with Crippen LogP contribution in [0, 0.1) is 5.82 Å². The second-order valence-corrected chi connectivity index (χ2v) is 8.61. The predicted molar refractivity (Wildman–Crippen MR) is 87.3 cm³/mol. The van der Waals surface area contributed by atoms with E-state index >= 15 is 0 Å². The first-order chi connectivity index (χ1) is 10.6. The Morgan fingerprint density at radius 2 is 1.61 bits per heavy atom. The van der Waals surface area contributed by atoms with Gasteiger partial charge in [-0.2, -0.15) is 0 Å². The van der Waals surface area contributed by atoms with Gasteiger partial charge in [-0.15, -0.1) is 0 Å². The number of rotatable bonds is 3. The number of ether oxygens (including phenoxy) is 1. The van der Waals surface area contributed by atoms with Crippen LogP contribution in [0.25, 0.3) is 0 Å². The van der Waals surface area contributed by atoms with Crippen molar-refractivity contribution in [2.24, 2.45) is 0 Å². The highest BCUT2D eigenvalue weighted by Crippen LogP contribution is 2.80. The zero-order valence-electron chi connectivity index (χ0n) is 14.5. The normalized spacial score (nSPS) is 36.3. The first-order valence-electron chi connectivity index (χ1n) is 8.33. The van der Waals surface area contributed by atoms with Gasteiger partial charge in [0.05, 0.1) is 18.3 Å². The third kappa shape index (κ3) is 1.90. The molecule has 124 valence electrons. The van der Waals surface area contributed by atoms with Crippen molar-refractivity contribution >= 4 is 7.12 Å². The number of halogens is 1. The molecule has 4 aliphatic rings. The second-order valence-electron chi connectivity index (χ2n) is 8.61. The van der Waals surface area contributed by atoms with Gasteiger partial charge in [0, 0.05) is 5.31 Å². The molecule has 3 nitrogen and oxygen atoms in total. The van der Waals surface area contributed by atoms with Crippen molar-refractivity contribution in [3.8, 4) is 5.75 Å². The highest BCUT2D eigenvalue weighted by Gasteiger charge is 2.76. The van der Waals surface area contributed by atoms with E-state index in [1.165, 1.54) is 7.11 Å². The highest BCUT2D eigenvalue weighted by atomic mass is 19.1. The molecule has 4 fully saturated rings. The average Bonchev–Trinajstić information content (AvgIpc) is 2.55. The predicted octanol–water partition coefficient (Wildman–Crippen LogP) is 4.10. The van der Waals surface area contributed by atoms with Crippen molar-refractivity contribution in [3.63, 3.8) is 0 Å². The summed E-state index contributed by atoms with van der Waals surface area (Å²) in [4.78, 5) is 0. The second kappa shape index (κ2) is 4.31. The molecule has 0 N–H and O–H groups in total. The van der Waals surface area contributed by atoms with Gasteiger partial charge in [-0.05, 0) is 70.1 Å².